The Morgan fingerprint density at radius 2 is 1.94 bits per heavy atom. The number of halogens is 1. The number of alkyl halides is 1. The SMILES string of the molecule is CN(C(=O)C(=O)NCCCCl)c1ccc(O)cc1. The van der Waals surface area contributed by atoms with Gasteiger partial charge in [0, 0.05) is 25.2 Å². The Labute approximate surface area is 110 Å². The largest absolute Gasteiger partial charge is 0.508 e. The Bertz CT molecular complexity index is 420. The molecule has 18 heavy (non-hydrogen) atoms. The van der Waals surface area contributed by atoms with Gasteiger partial charge in [-0.2, -0.15) is 0 Å². The fraction of sp³-hybridized carbons (Fsp3) is 0.333. The lowest BCUT2D eigenvalue weighted by Gasteiger charge is -2.16. The number of phenolic OH excluding ortho intramolecular Hbond substituents is 1. The monoisotopic (exact) mass is 270 g/mol. The molecule has 0 spiro atoms. The number of phenols is 1. The van der Waals surface area contributed by atoms with Crippen LogP contribution in [0, 0.1) is 0 Å². The lowest BCUT2D eigenvalue weighted by atomic mass is 10.3. The molecule has 0 aliphatic carbocycles. The number of carbonyl (C=O) groups excluding carboxylic acids is 2. The lowest BCUT2D eigenvalue weighted by Crippen LogP contribution is -2.41. The number of carbonyl (C=O) groups is 2. The number of hydrogen-bond acceptors (Lipinski definition) is 3. The molecule has 1 aromatic rings. The molecule has 0 saturated heterocycles. The topological polar surface area (TPSA) is 69.6 Å². The predicted octanol–water partition coefficient (Wildman–Crippen LogP) is 1.10. The highest BCUT2D eigenvalue weighted by atomic mass is 35.5. The van der Waals surface area contributed by atoms with Crippen molar-refractivity contribution in [3.8, 4) is 5.75 Å². The summed E-state index contributed by atoms with van der Waals surface area (Å²) in [5, 5.41) is 11.6. The quantitative estimate of drug-likeness (QED) is 0.489. The van der Waals surface area contributed by atoms with Gasteiger partial charge < -0.3 is 15.3 Å². The van der Waals surface area contributed by atoms with E-state index in [4.69, 9.17) is 16.7 Å². The molecule has 1 aromatic carbocycles. The molecule has 2 amide bonds. The normalized spacial score (nSPS) is 9.89. The third kappa shape index (κ3) is 3.92. The Kier molecular flexibility index (Phi) is 5.45. The van der Waals surface area contributed by atoms with Gasteiger partial charge in [-0.05, 0) is 30.7 Å². The molecular weight excluding hydrogens is 256 g/mol. The number of nitrogens with zero attached hydrogens (tertiary/aromatic N) is 1. The minimum absolute atomic E-state index is 0.103. The zero-order valence-corrected chi connectivity index (χ0v) is 10.8. The van der Waals surface area contributed by atoms with E-state index < -0.39 is 11.8 Å². The van der Waals surface area contributed by atoms with Gasteiger partial charge in [-0.25, -0.2) is 0 Å². The van der Waals surface area contributed by atoms with Gasteiger partial charge in [-0.1, -0.05) is 0 Å². The van der Waals surface area contributed by atoms with E-state index in [1.807, 2.05) is 0 Å². The molecule has 0 radical (unpaired) electrons. The van der Waals surface area contributed by atoms with Crippen LogP contribution in [0.2, 0.25) is 0 Å². The van der Waals surface area contributed by atoms with E-state index >= 15 is 0 Å². The van der Waals surface area contributed by atoms with Crippen LogP contribution >= 0.6 is 11.6 Å². The van der Waals surface area contributed by atoms with Gasteiger partial charge in [0.05, 0.1) is 0 Å². The maximum absolute atomic E-state index is 11.7. The molecular formula is C12H15ClN2O3. The van der Waals surface area contributed by atoms with Crippen molar-refractivity contribution in [1.29, 1.82) is 0 Å². The van der Waals surface area contributed by atoms with E-state index in [9.17, 15) is 9.59 Å². The standard InChI is InChI=1S/C12H15ClN2O3/c1-15(9-3-5-10(16)6-4-9)12(18)11(17)14-8-2-7-13/h3-6,16H,2,7-8H2,1H3,(H,14,17). The molecule has 0 heterocycles. The number of benzene rings is 1. The summed E-state index contributed by atoms with van der Waals surface area (Å²) in [7, 11) is 1.50. The maximum Gasteiger partial charge on any atom is 0.316 e. The molecule has 0 aliphatic heterocycles. The Morgan fingerprint density at radius 1 is 1.33 bits per heavy atom. The van der Waals surface area contributed by atoms with Crippen molar-refractivity contribution < 1.29 is 14.7 Å². The number of likely N-dealkylation sites (N-methyl/N-ethyl adjacent to an activating group) is 1. The number of anilines is 1. The highest BCUT2D eigenvalue weighted by molar-refractivity contribution is 6.40. The number of amides is 2. The van der Waals surface area contributed by atoms with Crippen LogP contribution in [0.15, 0.2) is 24.3 Å². The van der Waals surface area contributed by atoms with Gasteiger partial charge in [0.15, 0.2) is 0 Å². The average molecular weight is 271 g/mol. The van der Waals surface area contributed by atoms with Crippen LogP contribution in [0.3, 0.4) is 0 Å². The smallest absolute Gasteiger partial charge is 0.316 e. The first-order valence-corrected chi connectivity index (χ1v) is 6.00. The zero-order valence-electron chi connectivity index (χ0n) is 10.0. The first-order chi connectivity index (χ1) is 8.56. The highest BCUT2D eigenvalue weighted by Gasteiger charge is 2.19. The van der Waals surface area contributed by atoms with Crippen molar-refractivity contribution >= 4 is 29.1 Å². The lowest BCUT2D eigenvalue weighted by molar-refractivity contribution is -0.137. The van der Waals surface area contributed by atoms with E-state index in [1.54, 1.807) is 12.1 Å². The summed E-state index contributed by atoms with van der Waals surface area (Å²) in [5.74, 6) is -0.792. The van der Waals surface area contributed by atoms with Crippen LogP contribution in [-0.4, -0.2) is 36.4 Å². The van der Waals surface area contributed by atoms with E-state index in [-0.39, 0.29) is 5.75 Å². The summed E-state index contributed by atoms with van der Waals surface area (Å²) < 4.78 is 0. The first-order valence-electron chi connectivity index (χ1n) is 5.47. The van der Waals surface area contributed by atoms with Crippen LogP contribution in [0.5, 0.6) is 5.75 Å². The van der Waals surface area contributed by atoms with Crippen molar-refractivity contribution in [1.82, 2.24) is 5.32 Å². The molecule has 0 aromatic heterocycles. The van der Waals surface area contributed by atoms with Crippen LogP contribution in [-0.2, 0) is 9.59 Å². The molecule has 0 saturated carbocycles. The van der Waals surface area contributed by atoms with E-state index in [2.05, 4.69) is 5.32 Å². The summed E-state index contributed by atoms with van der Waals surface area (Å²) in [4.78, 5) is 24.5. The molecule has 0 unspecified atom stereocenters. The molecule has 98 valence electrons. The van der Waals surface area contributed by atoms with E-state index in [0.29, 0.717) is 24.5 Å². The van der Waals surface area contributed by atoms with Crippen molar-refractivity contribution in [2.75, 3.05) is 24.4 Å². The molecule has 5 nitrogen and oxygen atoms in total. The van der Waals surface area contributed by atoms with Crippen molar-refractivity contribution in [3.63, 3.8) is 0 Å². The molecule has 2 N–H and O–H groups in total. The molecule has 1 rings (SSSR count). The Morgan fingerprint density at radius 3 is 2.50 bits per heavy atom. The van der Waals surface area contributed by atoms with E-state index in [1.165, 1.54) is 24.1 Å². The third-order valence-corrected chi connectivity index (χ3v) is 2.60. The van der Waals surface area contributed by atoms with Crippen molar-refractivity contribution in [3.05, 3.63) is 24.3 Å². The molecule has 6 heteroatoms. The second kappa shape index (κ2) is 6.86. The van der Waals surface area contributed by atoms with Crippen LogP contribution < -0.4 is 10.2 Å². The first kappa shape index (κ1) is 14.3. The van der Waals surface area contributed by atoms with Crippen LogP contribution in [0.1, 0.15) is 6.42 Å². The zero-order chi connectivity index (χ0) is 13.5. The number of aromatic hydroxyl groups is 1. The van der Waals surface area contributed by atoms with Gasteiger partial charge >= 0.3 is 11.8 Å². The highest BCUT2D eigenvalue weighted by Crippen LogP contribution is 2.17. The summed E-state index contributed by atoms with van der Waals surface area (Å²) in [6.45, 7) is 0.373. The summed E-state index contributed by atoms with van der Waals surface area (Å²) in [5.41, 5.74) is 0.533. The average Bonchev–Trinajstić information content (AvgIpc) is 2.38. The fourth-order valence-electron chi connectivity index (χ4n) is 1.29. The van der Waals surface area contributed by atoms with Gasteiger partial charge in [-0.15, -0.1) is 11.6 Å². The molecule has 0 atom stereocenters. The summed E-state index contributed by atoms with van der Waals surface area (Å²) in [6.07, 6.45) is 0.615. The van der Waals surface area contributed by atoms with Gasteiger partial charge in [0.25, 0.3) is 0 Å². The molecule has 0 aliphatic rings. The van der Waals surface area contributed by atoms with Crippen molar-refractivity contribution in [2.24, 2.45) is 0 Å². The van der Waals surface area contributed by atoms with E-state index in [0.717, 1.165) is 0 Å². The second-order valence-corrected chi connectivity index (χ2v) is 4.06. The van der Waals surface area contributed by atoms with Crippen LogP contribution in [0.25, 0.3) is 0 Å². The fourth-order valence-corrected chi connectivity index (χ4v) is 1.42. The van der Waals surface area contributed by atoms with Gasteiger partial charge in [0.2, 0.25) is 0 Å². The summed E-state index contributed by atoms with van der Waals surface area (Å²) in [6, 6.07) is 6.01. The predicted molar refractivity (Wildman–Crippen MR) is 69.9 cm³/mol. The van der Waals surface area contributed by atoms with Crippen LogP contribution in [0.4, 0.5) is 5.69 Å². The Hall–Kier alpha value is -1.75. The molecule has 0 fully saturated rings. The van der Waals surface area contributed by atoms with Gasteiger partial charge in [0.1, 0.15) is 5.75 Å². The second-order valence-electron chi connectivity index (χ2n) is 3.68. The Balaban J connectivity index is 2.60. The number of hydrogen-bond donors (Lipinski definition) is 2. The molecule has 0 bridgehead atoms. The van der Waals surface area contributed by atoms with Gasteiger partial charge in [-0.3, -0.25) is 9.59 Å². The maximum atomic E-state index is 11.7. The van der Waals surface area contributed by atoms with Crippen molar-refractivity contribution in [2.45, 2.75) is 6.42 Å². The minimum atomic E-state index is -0.671. The number of nitrogens with one attached hydrogen (secondary N) is 1. The minimum Gasteiger partial charge on any atom is -0.508 e. The third-order valence-electron chi connectivity index (χ3n) is 2.33. The number of rotatable bonds is 4. The summed E-state index contributed by atoms with van der Waals surface area (Å²) >= 11 is 5.47.